The van der Waals surface area contributed by atoms with Gasteiger partial charge in [0.1, 0.15) is 12.4 Å². The Morgan fingerprint density at radius 1 is 1.15 bits per heavy atom. The van der Waals surface area contributed by atoms with Crippen LogP contribution in [-0.2, 0) is 17.7 Å². The molecule has 1 atom stereocenters. The molecule has 1 aromatic carbocycles. The second kappa shape index (κ2) is 11.6. The third-order valence-corrected chi connectivity index (χ3v) is 4.95. The molecular weight excluding hydrogens is 358 g/mol. The summed E-state index contributed by atoms with van der Waals surface area (Å²) in [4.78, 5) is 7.46. The van der Waals surface area contributed by atoms with Gasteiger partial charge in [0.15, 0.2) is 5.96 Å². The molecule has 5 nitrogen and oxygen atoms in total. The van der Waals surface area contributed by atoms with Gasteiger partial charge in [0.2, 0.25) is 0 Å². The molecule has 0 spiro atoms. The molecule has 0 saturated heterocycles. The molecule has 148 valence electrons. The van der Waals surface area contributed by atoms with Crippen LogP contribution in [0.2, 0.25) is 0 Å². The van der Waals surface area contributed by atoms with E-state index in [1.165, 1.54) is 9.75 Å². The third kappa shape index (κ3) is 8.01. The van der Waals surface area contributed by atoms with Crippen LogP contribution in [0.4, 0.5) is 0 Å². The number of ether oxygens (including phenoxy) is 2. The maximum atomic E-state index is 5.59. The summed E-state index contributed by atoms with van der Waals surface area (Å²) >= 11 is 1.85. The predicted octanol–water partition coefficient (Wildman–Crippen LogP) is 3.77. The van der Waals surface area contributed by atoms with Gasteiger partial charge in [-0.15, -0.1) is 11.3 Å². The van der Waals surface area contributed by atoms with Crippen LogP contribution in [0.5, 0.6) is 5.75 Å². The maximum absolute atomic E-state index is 5.59. The Bertz CT molecular complexity index is 698. The number of hydrogen-bond acceptors (Lipinski definition) is 4. The fourth-order valence-corrected chi connectivity index (χ4v) is 3.62. The monoisotopic (exact) mass is 389 g/mol. The second-order valence-electron chi connectivity index (χ2n) is 6.44. The molecule has 0 radical (unpaired) electrons. The highest BCUT2D eigenvalue weighted by Gasteiger charge is 2.08. The van der Waals surface area contributed by atoms with E-state index in [0.29, 0.717) is 25.8 Å². The van der Waals surface area contributed by atoms with Crippen molar-refractivity contribution in [3.63, 3.8) is 0 Å². The molecule has 1 unspecified atom stereocenters. The molecule has 0 bridgehead atoms. The Hall–Kier alpha value is -2.05. The number of nitrogens with one attached hydrogen (secondary N) is 2. The van der Waals surface area contributed by atoms with Gasteiger partial charge in [-0.2, -0.15) is 0 Å². The molecule has 0 aliphatic heterocycles. The molecule has 0 aliphatic rings. The molecule has 0 fully saturated rings. The standard InChI is InChI=1S/C21H31N3O2S/c1-5-22-21(24-16(2)14-20-11-6-17(3)27-20)23-15-18-7-9-19(10-8-18)26-13-12-25-4/h6-11,16H,5,12-15H2,1-4H3,(H2,22,23,24). The van der Waals surface area contributed by atoms with E-state index in [2.05, 4.69) is 43.5 Å². The molecule has 0 aliphatic carbocycles. The molecule has 0 saturated carbocycles. The summed E-state index contributed by atoms with van der Waals surface area (Å²) in [6.07, 6.45) is 0.996. The lowest BCUT2D eigenvalue weighted by molar-refractivity contribution is 0.146. The predicted molar refractivity (Wildman–Crippen MR) is 114 cm³/mol. The van der Waals surface area contributed by atoms with Crippen molar-refractivity contribution in [3.8, 4) is 5.75 Å². The van der Waals surface area contributed by atoms with Crippen LogP contribution >= 0.6 is 11.3 Å². The van der Waals surface area contributed by atoms with E-state index in [1.54, 1.807) is 7.11 Å². The zero-order valence-corrected chi connectivity index (χ0v) is 17.6. The highest BCUT2D eigenvalue weighted by molar-refractivity contribution is 7.11. The third-order valence-electron chi connectivity index (χ3n) is 3.93. The van der Waals surface area contributed by atoms with Crippen LogP contribution in [-0.4, -0.2) is 38.9 Å². The Balaban J connectivity index is 1.88. The zero-order chi connectivity index (χ0) is 19.5. The highest BCUT2D eigenvalue weighted by Crippen LogP contribution is 2.16. The number of benzene rings is 1. The first-order valence-electron chi connectivity index (χ1n) is 9.41. The van der Waals surface area contributed by atoms with E-state index in [4.69, 9.17) is 14.5 Å². The van der Waals surface area contributed by atoms with Gasteiger partial charge in [-0.05, 0) is 50.6 Å². The van der Waals surface area contributed by atoms with Gasteiger partial charge in [0, 0.05) is 35.9 Å². The normalized spacial score (nSPS) is 12.7. The van der Waals surface area contributed by atoms with Crippen molar-refractivity contribution in [2.75, 3.05) is 26.9 Å². The molecule has 0 amide bonds. The van der Waals surface area contributed by atoms with Crippen LogP contribution in [0.3, 0.4) is 0 Å². The summed E-state index contributed by atoms with van der Waals surface area (Å²) in [7, 11) is 1.67. The van der Waals surface area contributed by atoms with Gasteiger partial charge in [-0.3, -0.25) is 0 Å². The fraction of sp³-hybridized carbons (Fsp3) is 0.476. The lowest BCUT2D eigenvalue weighted by Gasteiger charge is -2.17. The van der Waals surface area contributed by atoms with E-state index < -0.39 is 0 Å². The first-order chi connectivity index (χ1) is 13.1. The topological polar surface area (TPSA) is 54.9 Å². The van der Waals surface area contributed by atoms with Crippen molar-refractivity contribution >= 4 is 17.3 Å². The summed E-state index contributed by atoms with van der Waals surface area (Å²) in [6.45, 7) is 9.02. The van der Waals surface area contributed by atoms with Crippen molar-refractivity contribution in [1.29, 1.82) is 0 Å². The van der Waals surface area contributed by atoms with E-state index in [0.717, 1.165) is 30.2 Å². The van der Waals surface area contributed by atoms with Gasteiger partial charge in [-0.1, -0.05) is 12.1 Å². The SMILES string of the molecule is CCNC(=NCc1ccc(OCCOC)cc1)NC(C)Cc1ccc(C)s1. The zero-order valence-electron chi connectivity index (χ0n) is 16.7. The minimum atomic E-state index is 0.317. The van der Waals surface area contributed by atoms with Gasteiger partial charge in [-0.25, -0.2) is 4.99 Å². The average molecular weight is 390 g/mol. The Morgan fingerprint density at radius 3 is 2.56 bits per heavy atom. The molecule has 2 N–H and O–H groups in total. The molecule has 2 aromatic rings. The van der Waals surface area contributed by atoms with Crippen molar-refractivity contribution in [3.05, 3.63) is 51.7 Å². The molecule has 1 aromatic heterocycles. The molecular formula is C21H31N3O2S. The van der Waals surface area contributed by atoms with E-state index in [1.807, 2.05) is 35.6 Å². The summed E-state index contributed by atoms with van der Waals surface area (Å²) in [5.41, 5.74) is 1.15. The van der Waals surface area contributed by atoms with Gasteiger partial charge >= 0.3 is 0 Å². The van der Waals surface area contributed by atoms with Crippen molar-refractivity contribution in [1.82, 2.24) is 10.6 Å². The van der Waals surface area contributed by atoms with E-state index in [9.17, 15) is 0 Å². The average Bonchev–Trinajstić information content (AvgIpc) is 3.06. The minimum Gasteiger partial charge on any atom is -0.491 e. The molecule has 6 heteroatoms. The number of methoxy groups -OCH3 is 1. The lowest BCUT2D eigenvalue weighted by atomic mass is 10.2. The first-order valence-corrected chi connectivity index (χ1v) is 10.2. The number of nitrogens with zero attached hydrogens (tertiary/aromatic N) is 1. The van der Waals surface area contributed by atoms with E-state index >= 15 is 0 Å². The van der Waals surface area contributed by atoms with Gasteiger partial charge < -0.3 is 20.1 Å². The molecule has 1 heterocycles. The van der Waals surface area contributed by atoms with Gasteiger partial charge in [0.05, 0.1) is 13.2 Å². The van der Waals surface area contributed by atoms with Crippen LogP contribution in [0.1, 0.15) is 29.2 Å². The van der Waals surface area contributed by atoms with Crippen LogP contribution in [0.25, 0.3) is 0 Å². The Labute approximate surface area is 166 Å². The quantitative estimate of drug-likeness (QED) is 0.369. The first kappa shape index (κ1) is 21.3. The Kier molecular flexibility index (Phi) is 9.15. The summed E-state index contributed by atoms with van der Waals surface area (Å²) in [5.74, 6) is 1.70. The smallest absolute Gasteiger partial charge is 0.191 e. The second-order valence-corrected chi connectivity index (χ2v) is 7.81. The summed E-state index contributed by atoms with van der Waals surface area (Å²) in [5, 5.41) is 6.82. The number of guanidine groups is 1. The number of thiophene rings is 1. The molecule has 2 rings (SSSR count). The van der Waals surface area contributed by atoms with Crippen molar-refractivity contribution in [2.45, 2.75) is 39.8 Å². The molecule has 27 heavy (non-hydrogen) atoms. The van der Waals surface area contributed by atoms with Crippen molar-refractivity contribution in [2.24, 2.45) is 4.99 Å². The van der Waals surface area contributed by atoms with Crippen LogP contribution in [0.15, 0.2) is 41.4 Å². The summed E-state index contributed by atoms with van der Waals surface area (Å²) in [6, 6.07) is 12.7. The number of rotatable bonds is 10. The lowest BCUT2D eigenvalue weighted by Crippen LogP contribution is -2.43. The van der Waals surface area contributed by atoms with Crippen LogP contribution in [0, 0.1) is 6.92 Å². The van der Waals surface area contributed by atoms with Gasteiger partial charge in [0.25, 0.3) is 0 Å². The summed E-state index contributed by atoms with van der Waals surface area (Å²) < 4.78 is 10.6. The number of aliphatic imine (C=N–C) groups is 1. The maximum Gasteiger partial charge on any atom is 0.191 e. The number of hydrogen-bond donors (Lipinski definition) is 2. The fourth-order valence-electron chi connectivity index (χ4n) is 2.61. The van der Waals surface area contributed by atoms with E-state index in [-0.39, 0.29) is 0 Å². The van der Waals surface area contributed by atoms with Crippen molar-refractivity contribution < 1.29 is 9.47 Å². The Morgan fingerprint density at radius 2 is 1.93 bits per heavy atom. The minimum absolute atomic E-state index is 0.317. The number of aryl methyl sites for hydroxylation is 1. The highest BCUT2D eigenvalue weighted by atomic mass is 32.1. The largest absolute Gasteiger partial charge is 0.491 e. The van der Waals surface area contributed by atoms with Crippen LogP contribution < -0.4 is 15.4 Å².